The molecular formula is C43H25N3OS. The molecule has 7 aromatic carbocycles. The molecule has 5 heteroatoms. The van der Waals surface area contributed by atoms with E-state index < -0.39 is 0 Å². The summed E-state index contributed by atoms with van der Waals surface area (Å²) in [7, 11) is 0. The van der Waals surface area contributed by atoms with E-state index in [1.807, 2.05) is 24.3 Å². The molecule has 0 fully saturated rings. The number of nitrogens with zero attached hydrogens (tertiary/aromatic N) is 3. The van der Waals surface area contributed by atoms with Crippen LogP contribution >= 0.6 is 11.3 Å². The molecule has 3 aromatic heterocycles. The molecule has 0 aliphatic rings. The second-order valence-electron chi connectivity index (χ2n) is 11.9. The number of rotatable bonds is 4. The SMILES string of the molecule is c1ccc(-c2ccc3ccccc3c2-c2nc(-c3cccc4c3oc3ccccc34)nc(-c3cccc4c3sc3ccccc34)n2)cc1. The summed E-state index contributed by atoms with van der Waals surface area (Å²) < 4.78 is 8.90. The van der Waals surface area contributed by atoms with E-state index in [0.29, 0.717) is 17.5 Å². The Morgan fingerprint density at radius 2 is 1.06 bits per heavy atom. The fourth-order valence-corrected chi connectivity index (χ4v) is 8.16. The Labute approximate surface area is 279 Å². The van der Waals surface area contributed by atoms with Crippen molar-refractivity contribution in [3.05, 3.63) is 152 Å². The van der Waals surface area contributed by atoms with Crippen LogP contribution in [0.15, 0.2) is 156 Å². The Morgan fingerprint density at radius 1 is 0.417 bits per heavy atom. The molecule has 0 bridgehead atoms. The van der Waals surface area contributed by atoms with Crippen LogP contribution in [0.25, 0.3) is 98.2 Å². The van der Waals surface area contributed by atoms with E-state index in [4.69, 9.17) is 19.4 Å². The van der Waals surface area contributed by atoms with Gasteiger partial charge in [-0.15, -0.1) is 11.3 Å². The van der Waals surface area contributed by atoms with Crippen molar-refractivity contribution >= 4 is 64.2 Å². The number of benzene rings is 7. The summed E-state index contributed by atoms with van der Waals surface area (Å²) in [6.45, 7) is 0. The lowest BCUT2D eigenvalue weighted by Gasteiger charge is -2.15. The first-order chi connectivity index (χ1) is 23.8. The first kappa shape index (κ1) is 27.0. The Balaban J connectivity index is 1.32. The normalized spacial score (nSPS) is 11.8. The lowest BCUT2D eigenvalue weighted by atomic mass is 9.93. The van der Waals surface area contributed by atoms with Gasteiger partial charge in [0.2, 0.25) is 0 Å². The maximum absolute atomic E-state index is 6.50. The highest BCUT2D eigenvalue weighted by molar-refractivity contribution is 7.26. The van der Waals surface area contributed by atoms with Gasteiger partial charge in [-0.1, -0.05) is 127 Å². The summed E-state index contributed by atoms with van der Waals surface area (Å²) in [5.74, 6) is 1.83. The van der Waals surface area contributed by atoms with E-state index in [-0.39, 0.29) is 0 Å². The highest BCUT2D eigenvalue weighted by atomic mass is 32.1. The van der Waals surface area contributed by atoms with E-state index in [0.717, 1.165) is 65.2 Å². The zero-order valence-electron chi connectivity index (χ0n) is 25.6. The minimum Gasteiger partial charge on any atom is -0.455 e. The summed E-state index contributed by atoms with van der Waals surface area (Å²) >= 11 is 1.78. The molecule has 48 heavy (non-hydrogen) atoms. The van der Waals surface area contributed by atoms with Gasteiger partial charge in [-0.3, -0.25) is 0 Å². The van der Waals surface area contributed by atoms with Crippen LogP contribution in [-0.2, 0) is 0 Å². The fourth-order valence-electron chi connectivity index (χ4n) is 6.95. The van der Waals surface area contributed by atoms with Crippen molar-refractivity contribution in [3.63, 3.8) is 0 Å². The highest BCUT2D eigenvalue weighted by Crippen LogP contribution is 2.42. The Morgan fingerprint density at radius 3 is 1.94 bits per heavy atom. The molecule has 0 spiro atoms. The quantitative estimate of drug-likeness (QED) is 0.194. The van der Waals surface area contributed by atoms with E-state index in [2.05, 4.69) is 127 Å². The molecule has 3 heterocycles. The molecule has 224 valence electrons. The monoisotopic (exact) mass is 631 g/mol. The molecule has 0 unspecified atom stereocenters. The van der Waals surface area contributed by atoms with Crippen molar-refractivity contribution < 1.29 is 4.42 Å². The van der Waals surface area contributed by atoms with Crippen LogP contribution in [0, 0.1) is 0 Å². The molecule has 0 aliphatic heterocycles. The second kappa shape index (κ2) is 10.7. The second-order valence-corrected chi connectivity index (χ2v) is 13.0. The van der Waals surface area contributed by atoms with Gasteiger partial charge in [-0.25, -0.2) is 15.0 Å². The van der Waals surface area contributed by atoms with E-state index in [1.54, 1.807) is 11.3 Å². The van der Waals surface area contributed by atoms with Crippen molar-refractivity contribution in [3.8, 4) is 45.3 Å². The first-order valence-electron chi connectivity index (χ1n) is 15.9. The van der Waals surface area contributed by atoms with Crippen LogP contribution in [-0.4, -0.2) is 15.0 Å². The molecule has 10 rings (SSSR count). The molecule has 0 saturated heterocycles. The fraction of sp³-hybridized carbons (Fsp3) is 0. The maximum Gasteiger partial charge on any atom is 0.167 e. The van der Waals surface area contributed by atoms with Gasteiger partial charge in [0.1, 0.15) is 11.2 Å². The number of aromatic nitrogens is 3. The first-order valence-corrected chi connectivity index (χ1v) is 16.8. The molecule has 0 aliphatic carbocycles. The third-order valence-electron chi connectivity index (χ3n) is 9.16. The summed E-state index contributed by atoms with van der Waals surface area (Å²) in [4.78, 5) is 15.9. The Hall–Kier alpha value is -6.17. The van der Waals surface area contributed by atoms with Crippen molar-refractivity contribution in [2.45, 2.75) is 0 Å². The summed E-state index contributed by atoms with van der Waals surface area (Å²) in [6.07, 6.45) is 0. The number of furan rings is 1. The summed E-state index contributed by atoms with van der Waals surface area (Å²) in [5, 5.41) is 6.76. The van der Waals surface area contributed by atoms with Crippen molar-refractivity contribution in [2.24, 2.45) is 0 Å². The van der Waals surface area contributed by atoms with Crippen LogP contribution in [0.1, 0.15) is 0 Å². The summed E-state index contributed by atoms with van der Waals surface area (Å²) in [5.41, 5.74) is 6.57. The molecule has 10 aromatic rings. The predicted octanol–water partition coefficient (Wildman–Crippen LogP) is 12.0. The lowest BCUT2D eigenvalue weighted by Crippen LogP contribution is -2.02. The van der Waals surface area contributed by atoms with Gasteiger partial charge in [0.25, 0.3) is 0 Å². The minimum absolute atomic E-state index is 0.574. The van der Waals surface area contributed by atoms with Crippen LogP contribution in [0.2, 0.25) is 0 Å². The predicted molar refractivity (Wildman–Crippen MR) is 199 cm³/mol. The summed E-state index contributed by atoms with van der Waals surface area (Å²) in [6, 6.07) is 52.6. The van der Waals surface area contributed by atoms with E-state index >= 15 is 0 Å². The molecule has 0 amide bonds. The molecular weight excluding hydrogens is 607 g/mol. The average molecular weight is 632 g/mol. The van der Waals surface area contributed by atoms with E-state index in [9.17, 15) is 0 Å². The number of hydrogen-bond donors (Lipinski definition) is 0. The number of para-hydroxylation sites is 2. The number of hydrogen-bond acceptors (Lipinski definition) is 5. The number of fused-ring (bicyclic) bond motifs is 7. The van der Waals surface area contributed by atoms with Crippen molar-refractivity contribution in [2.75, 3.05) is 0 Å². The largest absolute Gasteiger partial charge is 0.455 e. The van der Waals surface area contributed by atoms with Crippen molar-refractivity contribution in [1.82, 2.24) is 15.0 Å². The maximum atomic E-state index is 6.50. The van der Waals surface area contributed by atoms with Crippen LogP contribution in [0.3, 0.4) is 0 Å². The van der Waals surface area contributed by atoms with Gasteiger partial charge >= 0.3 is 0 Å². The Kier molecular flexibility index (Phi) is 6.01. The molecule has 0 atom stereocenters. The van der Waals surface area contributed by atoms with Gasteiger partial charge in [0.15, 0.2) is 17.5 Å². The molecule has 0 N–H and O–H groups in total. The van der Waals surface area contributed by atoms with Crippen LogP contribution in [0.5, 0.6) is 0 Å². The van der Waals surface area contributed by atoms with Crippen LogP contribution < -0.4 is 0 Å². The smallest absolute Gasteiger partial charge is 0.167 e. The van der Waals surface area contributed by atoms with Crippen LogP contribution in [0.4, 0.5) is 0 Å². The standard InChI is InChI=1S/C43H25N3OS/c1-2-12-26(13-3-1)29-25-24-27-14-4-5-15-28(27)38(29)43-45-41(34-20-10-18-32-30-16-6-8-22-36(30)47-39(32)34)44-42(46-43)35-21-11-19-33-31-17-7-9-23-37(31)48-40(33)35/h1-25H. The average Bonchev–Trinajstić information content (AvgIpc) is 3.73. The molecule has 4 nitrogen and oxygen atoms in total. The lowest BCUT2D eigenvalue weighted by molar-refractivity contribution is 0.669. The van der Waals surface area contributed by atoms with Gasteiger partial charge in [0.05, 0.1) is 5.56 Å². The molecule has 0 saturated carbocycles. The highest BCUT2D eigenvalue weighted by Gasteiger charge is 2.22. The Bertz CT molecular complexity index is 2720. The van der Waals surface area contributed by atoms with Gasteiger partial charge in [-0.05, 0) is 46.2 Å². The topological polar surface area (TPSA) is 51.8 Å². The minimum atomic E-state index is 0.574. The molecule has 0 radical (unpaired) electrons. The van der Waals surface area contributed by atoms with Crippen molar-refractivity contribution in [1.29, 1.82) is 0 Å². The van der Waals surface area contributed by atoms with Gasteiger partial charge in [0, 0.05) is 42.1 Å². The van der Waals surface area contributed by atoms with E-state index in [1.165, 1.54) is 15.5 Å². The zero-order valence-corrected chi connectivity index (χ0v) is 26.4. The third kappa shape index (κ3) is 4.18. The zero-order chi connectivity index (χ0) is 31.6. The number of thiophene rings is 1. The van der Waals surface area contributed by atoms with Gasteiger partial charge in [-0.2, -0.15) is 0 Å². The third-order valence-corrected chi connectivity index (χ3v) is 10.4. The van der Waals surface area contributed by atoms with Gasteiger partial charge < -0.3 is 4.42 Å².